The number of imide groups is 1. The minimum absolute atomic E-state index is 0.0808. The van der Waals surface area contributed by atoms with Gasteiger partial charge in [0.25, 0.3) is 17.5 Å². The number of halogens is 3. The van der Waals surface area contributed by atoms with Crippen molar-refractivity contribution in [1.29, 1.82) is 0 Å². The summed E-state index contributed by atoms with van der Waals surface area (Å²) in [4.78, 5) is 37.9. The molecule has 1 fully saturated rings. The molecule has 3 rings (SSSR count). The molecule has 0 saturated carbocycles. The summed E-state index contributed by atoms with van der Waals surface area (Å²) >= 11 is 0. The molecule has 1 saturated heterocycles. The smallest absolute Gasteiger partial charge is 0.314 e. The van der Waals surface area contributed by atoms with Crippen LogP contribution in [0.5, 0.6) is 0 Å². The van der Waals surface area contributed by atoms with Crippen molar-refractivity contribution in [3.05, 3.63) is 71.8 Å². The standard InChI is InChI=1S/C19H16F3N3O3/c1-12(13-8-4-2-5-9-13)25-16(27)18(19(20,21)22,24-17(25)28)23-15(26)14-10-6-3-7-11-14/h2-12H,1H3,(H,23,26)(H,24,28). The van der Waals surface area contributed by atoms with Crippen LogP contribution in [0.15, 0.2) is 60.7 Å². The van der Waals surface area contributed by atoms with E-state index in [1.54, 1.807) is 47.0 Å². The molecule has 2 atom stereocenters. The average Bonchev–Trinajstić information content (AvgIpc) is 2.93. The summed E-state index contributed by atoms with van der Waals surface area (Å²) in [5.41, 5.74) is -3.15. The van der Waals surface area contributed by atoms with E-state index in [-0.39, 0.29) is 5.56 Å². The molecule has 6 nitrogen and oxygen atoms in total. The first-order valence-corrected chi connectivity index (χ1v) is 8.32. The number of hydrogen-bond donors (Lipinski definition) is 2. The second-order valence-electron chi connectivity index (χ2n) is 6.26. The molecule has 28 heavy (non-hydrogen) atoms. The van der Waals surface area contributed by atoms with Crippen molar-refractivity contribution < 1.29 is 27.6 Å². The normalized spacial score (nSPS) is 20.6. The fourth-order valence-corrected chi connectivity index (χ4v) is 2.96. The van der Waals surface area contributed by atoms with E-state index < -0.39 is 35.7 Å². The molecule has 2 aromatic rings. The van der Waals surface area contributed by atoms with Crippen molar-refractivity contribution in [2.45, 2.75) is 24.8 Å². The van der Waals surface area contributed by atoms with Gasteiger partial charge in [-0.15, -0.1) is 0 Å². The zero-order chi connectivity index (χ0) is 20.5. The van der Waals surface area contributed by atoms with Crippen LogP contribution in [0.3, 0.4) is 0 Å². The van der Waals surface area contributed by atoms with Crippen LogP contribution in [-0.4, -0.2) is 34.6 Å². The van der Waals surface area contributed by atoms with Crippen molar-refractivity contribution in [1.82, 2.24) is 15.5 Å². The van der Waals surface area contributed by atoms with Crippen molar-refractivity contribution in [2.24, 2.45) is 0 Å². The molecule has 0 aliphatic carbocycles. The maximum absolute atomic E-state index is 13.9. The highest BCUT2D eigenvalue weighted by Crippen LogP contribution is 2.37. The lowest BCUT2D eigenvalue weighted by Gasteiger charge is -2.30. The van der Waals surface area contributed by atoms with E-state index in [1.807, 2.05) is 0 Å². The third-order valence-corrected chi connectivity index (χ3v) is 4.48. The lowest BCUT2D eigenvalue weighted by Crippen LogP contribution is -2.69. The third-order valence-electron chi connectivity index (χ3n) is 4.48. The quantitative estimate of drug-likeness (QED) is 0.787. The van der Waals surface area contributed by atoms with Gasteiger partial charge >= 0.3 is 12.2 Å². The SMILES string of the molecule is CC(c1ccccc1)N1C(=O)NC(NC(=O)c2ccccc2)(C(F)(F)F)C1=O. The van der Waals surface area contributed by atoms with Gasteiger partial charge in [-0.2, -0.15) is 13.2 Å². The second-order valence-corrected chi connectivity index (χ2v) is 6.26. The first-order chi connectivity index (χ1) is 13.2. The molecule has 2 unspecified atom stereocenters. The number of nitrogens with zero attached hydrogens (tertiary/aromatic N) is 1. The predicted molar refractivity (Wildman–Crippen MR) is 92.9 cm³/mol. The number of rotatable bonds is 4. The third kappa shape index (κ3) is 3.19. The maximum Gasteiger partial charge on any atom is 0.440 e. The van der Waals surface area contributed by atoms with Crippen LogP contribution >= 0.6 is 0 Å². The Bertz CT molecular complexity index is 903. The molecule has 2 aromatic carbocycles. The van der Waals surface area contributed by atoms with E-state index in [2.05, 4.69) is 0 Å². The maximum atomic E-state index is 13.9. The van der Waals surface area contributed by atoms with Gasteiger partial charge in [0.1, 0.15) is 0 Å². The number of nitrogens with one attached hydrogen (secondary N) is 2. The summed E-state index contributed by atoms with van der Waals surface area (Å²) in [6, 6.07) is 13.0. The Morgan fingerprint density at radius 1 is 1.04 bits per heavy atom. The summed E-state index contributed by atoms with van der Waals surface area (Å²) in [6.45, 7) is 1.43. The molecule has 9 heteroatoms. The average molecular weight is 391 g/mol. The van der Waals surface area contributed by atoms with Crippen LogP contribution in [0, 0.1) is 0 Å². The summed E-state index contributed by atoms with van der Waals surface area (Å²) in [7, 11) is 0. The van der Waals surface area contributed by atoms with E-state index in [0.717, 1.165) is 0 Å². The van der Waals surface area contributed by atoms with Gasteiger partial charge in [-0.3, -0.25) is 19.8 Å². The van der Waals surface area contributed by atoms with Crippen LogP contribution in [0.25, 0.3) is 0 Å². The van der Waals surface area contributed by atoms with Gasteiger partial charge < -0.3 is 5.32 Å². The Kier molecular flexibility index (Phi) is 4.84. The van der Waals surface area contributed by atoms with E-state index in [9.17, 15) is 27.6 Å². The molecule has 0 aromatic heterocycles. The number of urea groups is 1. The second kappa shape index (κ2) is 6.99. The van der Waals surface area contributed by atoms with Crippen LogP contribution in [0.2, 0.25) is 0 Å². The van der Waals surface area contributed by atoms with E-state index >= 15 is 0 Å². The molecular formula is C19H16F3N3O3. The van der Waals surface area contributed by atoms with Gasteiger partial charge in [0.15, 0.2) is 0 Å². The summed E-state index contributed by atoms with van der Waals surface area (Å²) in [5, 5.41) is 3.32. The Labute approximate surface area is 158 Å². The van der Waals surface area contributed by atoms with Crippen LogP contribution < -0.4 is 10.6 Å². The summed E-state index contributed by atoms with van der Waals surface area (Å²) < 4.78 is 41.6. The molecule has 0 bridgehead atoms. The highest BCUT2D eigenvalue weighted by atomic mass is 19.4. The van der Waals surface area contributed by atoms with Crippen molar-refractivity contribution >= 4 is 17.8 Å². The van der Waals surface area contributed by atoms with Crippen LogP contribution in [0.1, 0.15) is 28.9 Å². The highest BCUT2D eigenvalue weighted by Gasteiger charge is 2.69. The topological polar surface area (TPSA) is 78.5 Å². The zero-order valence-corrected chi connectivity index (χ0v) is 14.7. The molecular weight excluding hydrogens is 375 g/mol. The first kappa shape index (κ1) is 19.4. The lowest BCUT2D eigenvalue weighted by atomic mass is 10.0. The van der Waals surface area contributed by atoms with E-state index in [1.165, 1.54) is 31.2 Å². The fraction of sp³-hybridized carbons (Fsp3) is 0.211. The van der Waals surface area contributed by atoms with Gasteiger partial charge in [-0.05, 0) is 24.6 Å². The number of hydrogen-bond acceptors (Lipinski definition) is 3. The predicted octanol–water partition coefficient (Wildman–Crippen LogP) is 2.99. The van der Waals surface area contributed by atoms with Gasteiger partial charge in [0, 0.05) is 5.56 Å². The number of alkyl halides is 3. The number of carbonyl (C=O) groups excluding carboxylic acids is 3. The van der Waals surface area contributed by atoms with Crippen LogP contribution in [0.4, 0.5) is 18.0 Å². The Balaban J connectivity index is 1.97. The van der Waals surface area contributed by atoms with Crippen molar-refractivity contribution in [3.8, 4) is 0 Å². The molecule has 0 radical (unpaired) electrons. The first-order valence-electron chi connectivity index (χ1n) is 8.32. The molecule has 146 valence electrons. The molecule has 2 N–H and O–H groups in total. The number of benzene rings is 2. The highest BCUT2D eigenvalue weighted by molar-refractivity contribution is 6.10. The van der Waals surface area contributed by atoms with Crippen molar-refractivity contribution in [2.75, 3.05) is 0 Å². The van der Waals surface area contributed by atoms with E-state index in [0.29, 0.717) is 10.5 Å². The molecule has 1 aliphatic heterocycles. The lowest BCUT2D eigenvalue weighted by molar-refractivity contribution is -0.200. The Hall–Kier alpha value is -3.36. The minimum Gasteiger partial charge on any atom is -0.314 e. The van der Waals surface area contributed by atoms with E-state index in [4.69, 9.17) is 0 Å². The molecule has 1 heterocycles. The van der Waals surface area contributed by atoms with Crippen LogP contribution in [-0.2, 0) is 4.79 Å². The van der Waals surface area contributed by atoms with Gasteiger partial charge in [0.2, 0.25) is 0 Å². The Morgan fingerprint density at radius 3 is 2.11 bits per heavy atom. The molecule has 4 amide bonds. The zero-order valence-electron chi connectivity index (χ0n) is 14.7. The van der Waals surface area contributed by atoms with Gasteiger partial charge in [-0.25, -0.2) is 4.79 Å². The summed E-state index contributed by atoms with van der Waals surface area (Å²) in [6.07, 6.45) is -5.25. The van der Waals surface area contributed by atoms with Gasteiger partial charge in [0.05, 0.1) is 6.04 Å². The Morgan fingerprint density at radius 2 is 1.57 bits per heavy atom. The van der Waals surface area contributed by atoms with Gasteiger partial charge in [-0.1, -0.05) is 48.5 Å². The fourth-order valence-electron chi connectivity index (χ4n) is 2.96. The monoisotopic (exact) mass is 391 g/mol. The summed E-state index contributed by atoms with van der Waals surface area (Å²) in [5.74, 6) is -2.73. The largest absolute Gasteiger partial charge is 0.440 e. The molecule has 0 spiro atoms. The molecule has 1 aliphatic rings. The van der Waals surface area contributed by atoms with Crippen molar-refractivity contribution in [3.63, 3.8) is 0 Å². The minimum atomic E-state index is -5.25. The number of amides is 4. The number of carbonyl (C=O) groups is 3.